The number of carboxylic acid groups (broad SMARTS) is 1. The summed E-state index contributed by atoms with van der Waals surface area (Å²) >= 11 is 4.15. The third-order valence-electron chi connectivity index (χ3n) is 4.24. The summed E-state index contributed by atoms with van der Waals surface area (Å²) in [6, 6.07) is 21.3. The Balaban J connectivity index is 0.000000340. The first-order valence-electron chi connectivity index (χ1n) is 9.99. The van der Waals surface area contributed by atoms with E-state index in [2.05, 4.69) is 23.3 Å². The van der Waals surface area contributed by atoms with Crippen molar-refractivity contribution in [2.24, 2.45) is 5.14 Å². The molecule has 178 valence electrons. The molecule has 0 saturated heterocycles. The Labute approximate surface area is 204 Å². The maximum absolute atomic E-state index is 11.6. The highest BCUT2D eigenvalue weighted by Gasteiger charge is 2.19. The standard InChI is InChI=1S/C16H16N2O4S2.C8H9NO/c17-24(21,22)14-10-12(16(19)20)9-13(15(14)23)18-8-4-7-11-5-2-1-3-6-11;1-7(10)9-8-5-3-2-4-6-8/h1-7,9-10,18,23H,8H2,(H,19,20)(H2,17,21,22);2-6H,1H3,(H,9,10). The van der Waals surface area contributed by atoms with E-state index in [1.807, 2.05) is 72.8 Å². The van der Waals surface area contributed by atoms with Crippen LogP contribution in [0.3, 0.4) is 0 Å². The Morgan fingerprint density at radius 3 is 2.15 bits per heavy atom. The molecule has 0 fully saturated rings. The van der Waals surface area contributed by atoms with Gasteiger partial charge in [-0.2, -0.15) is 0 Å². The fraction of sp³-hybridized carbons (Fsp3) is 0.0833. The number of primary sulfonamides is 1. The fourth-order valence-corrected chi connectivity index (χ4v) is 4.00. The monoisotopic (exact) mass is 499 g/mol. The van der Waals surface area contributed by atoms with Gasteiger partial charge in [0, 0.05) is 24.1 Å². The number of benzene rings is 3. The number of amides is 1. The van der Waals surface area contributed by atoms with Gasteiger partial charge in [0.05, 0.1) is 16.1 Å². The van der Waals surface area contributed by atoms with E-state index in [0.717, 1.165) is 17.3 Å². The van der Waals surface area contributed by atoms with Gasteiger partial charge in [-0.3, -0.25) is 4.79 Å². The Bertz CT molecular complexity index is 1260. The number of carbonyl (C=O) groups excluding carboxylic acids is 1. The highest BCUT2D eigenvalue weighted by atomic mass is 32.2. The van der Waals surface area contributed by atoms with Crippen LogP contribution >= 0.6 is 12.6 Å². The summed E-state index contributed by atoms with van der Waals surface area (Å²) in [6.45, 7) is 1.85. The summed E-state index contributed by atoms with van der Waals surface area (Å²) in [5.74, 6) is -1.29. The van der Waals surface area contributed by atoms with Crippen LogP contribution in [0.5, 0.6) is 0 Å². The molecule has 0 radical (unpaired) electrons. The number of thiol groups is 1. The number of hydrogen-bond donors (Lipinski definition) is 5. The molecule has 10 heteroatoms. The molecule has 0 saturated carbocycles. The molecule has 0 aliphatic heterocycles. The molecule has 5 N–H and O–H groups in total. The van der Waals surface area contributed by atoms with Crippen molar-refractivity contribution in [1.29, 1.82) is 0 Å². The van der Waals surface area contributed by atoms with Crippen LogP contribution in [0.2, 0.25) is 0 Å². The van der Waals surface area contributed by atoms with E-state index in [-0.39, 0.29) is 26.9 Å². The Morgan fingerprint density at radius 1 is 1.03 bits per heavy atom. The molecule has 0 heterocycles. The van der Waals surface area contributed by atoms with E-state index in [9.17, 15) is 18.0 Å². The van der Waals surface area contributed by atoms with Crippen LogP contribution in [0.25, 0.3) is 6.08 Å². The van der Waals surface area contributed by atoms with E-state index in [4.69, 9.17) is 10.2 Å². The summed E-state index contributed by atoms with van der Waals surface area (Å²) in [4.78, 5) is 21.4. The van der Waals surface area contributed by atoms with Crippen molar-refractivity contribution in [1.82, 2.24) is 0 Å². The number of carbonyl (C=O) groups is 2. The Kier molecular flexibility index (Phi) is 9.87. The second-order valence-electron chi connectivity index (χ2n) is 6.96. The molecule has 1 amide bonds. The van der Waals surface area contributed by atoms with Gasteiger partial charge in [0.2, 0.25) is 15.9 Å². The van der Waals surface area contributed by atoms with Crippen molar-refractivity contribution in [3.05, 3.63) is 90.0 Å². The molecular formula is C24H25N3O5S2. The lowest BCUT2D eigenvalue weighted by Gasteiger charge is -2.12. The molecule has 3 aromatic rings. The van der Waals surface area contributed by atoms with Crippen molar-refractivity contribution < 1.29 is 23.1 Å². The van der Waals surface area contributed by atoms with Gasteiger partial charge in [-0.25, -0.2) is 18.4 Å². The molecule has 8 nitrogen and oxygen atoms in total. The SMILES string of the molecule is CC(=O)Nc1ccccc1.NS(=O)(=O)c1cc(C(=O)O)cc(NCC=Cc2ccccc2)c1S. The van der Waals surface area contributed by atoms with Crippen molar-refractivity contribution in [3.8, 4) is 0 Å². The molecule has 0 atom stereocenters. The molecule has 0 aliphatic carbocycles. The number of aromatic carboxylic acids is 1. The first-order valence-corrected chi connectivity index (χ1v) is 12.0. The third kappa shape index (κ3) is 8.74. The average Bonchev–Trinajstić information content (AvgIpc) is 2.78. The number of hydrogen-bond acceptors (Lipinski definition) is 6. The molecule has 0 aliphatic rings. The quantitative estimate of drug-likeness (QED) is 0.310. The molecule has 3 aromatic carbocycles. The molecule has 0 unspecified atom stereocenters. The summed E-state index contributed by atoms with van der Waals surface area (Å²) in [5, 5.41) is 19.8. The predicted octanol–water partition coefficient (Wildman–Crippen LogP) is 4.09. The summed E-state index contributed by atoms with van der Waals surface area (Å²) in [5.41, 5.74) is 1.94. The Morgan fingerprint density at radius 2 is 1.62 bits per heavy atom. The zero-order valence-electron chi connectivity index (χ0n) is 18.3. The highest BCUT2D eigenvalue weighted by molar-refractivity contribution is 7.90. The van der Waals surface area contributed by atoms with Gasteiger partial charge >= 0.3 is 5.97 Å². The van der Waals surface area contributed by atoms with Gasteiger partial charge in [-0.05, 0) is 29.8 Å². The van der Waals surface area contributed by atoms with Crippen molar-refractivity contribution in [3.63, 3.8) is 0 Å². The van der Waals surface area contributed by atoms with Crippen molar-refractivity contribution >= 4 is 52.0 Å². The van der Waals surface area contributed by atoms with Gasteiger partial charge in [0.25, 0.3) is 0 Å². The maximum atomic E-state index is 11.6. The third-order valence-corrected chi connectivity index (χ3v) is 5.81. The lowest BCUT2D eigenvalue weighted by atomic mass is 10.2. The molecular weight excluding hydrogens is 474 g/mol. The van der Waals surface area contributed by atoms with Crippen LogP contribution in [0, 0.1) is 0 Å². The van der Waals surface area contributed by atoms with Crippen molar-refractivity contribution in [2.45, 2.75) is 16.7 Å². The second kappa shape index (κ2) is 12.6. The largest absolute Gasteiger partial charge is 0.478 e. The minimum absolute atomic E-state index is 0.0359. The van der Waals surface area contributed by atoms with Gasteiger partial charge in [-0.1, -0.05) is 60.7 Å². The van der Waals surface area contributed by atoms with Crippen molar-refractivity contribution in [2.75, 3.05) is 17.2 Å². The lowest BCUT2D eigenvalue weighted by molar-refractivity contribution is -0.114. The van der Waals surface area contributed by atoms with E-state index in [1.54, 1.807) is 0 Å². The summed E-state index contributed by atoms with van der Waals surface area (Å²) in [7, 11) is -4.08. The number of nitrogens with two attached hydrogens (primary N) is 1. The van der Waals surface area contributed by atoms with Gasteiger partial charge < -0.3 is 15.7 Å². The summed E-state index contributed by atoms with van der Waals surface area (Å²) < 4.78 is 23.2. The fourth-order valence-electron chi connectivity index (χ4n) is 2.74. The maximum Gasteiger partial charge on any atom is 0.335 e. The van der Waals surface area contributed by atoms with E-state index < -0.39 is 16.0 Å². The van der Waals surface area contributed by atoms with Gasteiger partial charge in [0.15, 0.2) is 0 Å². The van der Waals surface area contributed by atoms with Crippen LogP contribution in [0.4, 0.5) is 11.4 Å². The Hall–Kier alpha value is -3.60. The molecule has 0 bridgehead atoms. The number of anilines is 2. The first kappa shape index (κ1) is 26.7. The minimum Gasteiger partial charge on any atom is -0.478 e. The molecule has 34 heavy (non-hydrogen) atoms. The number of carboxylic acids is 1. The van der Waals surface area contributed by atoms with Crippen LogP contribution in [-0.2, 0) is 14.8 Å². The van der Waals surface area contributed by atoms with Crippen LogP contribution in [-0.4, -0.2) is 31.9 Å². The zero-order chi connectivity index (χ0) is 25.1. The number of nitrogens with one attached hydrogen (secondary N) is 2. The van der Waals surface area contributed by atoms with Crippen LogP contribution < -0.4 is 15.8 Å². The van der Waals surface area contributed by atoms with Crippen LogP contribution in [0.1, 0.15) is 22.8 Å². The van der Waals surface area contributed by atoms with Gasteiger partial charge in [-0.15, -0.1) is 12.6 Å². The number of sulfonamides is 1. The molecule has 0 aromatic heterocycles. The molecule has 0 spiro atoms. The summed E-state index contributed by atoms with van der Waals surface area (Å²) in [6.07, 6.45) is 3.71. The zero-order valence-corrected chi connectivity index (χ0v) is 20.0. The smallest absolute Gasteiger partial charge is 0.335 e. The average molecular weight is 500 g/mol. The molecule has 3 rings (SSSR count). The number of para-hydroxylation sites is 1. The number of rotatable bonds is 7. The lowest BCUT2D eigenvalue weighted by Crippen LogP contribution is -2.15. The highest BCUT2D eigenvalue weighted by Crippen LogP contribution is 2.29. The van der Waals surface area contributed by atoms with E-state index in [0.29, 0.717) is 6.54 Å². The normalized spacial score (nSPS) is 10.8. The van der Waals surface area contributed by atoms with Gasteiger partial charge in [0.1, 0.15) is 0 Å². The topological polar surface area (TPSA) is 139 Å². The minimum atomic E-state index is -4.08. The second-order valence-corrected chi connectivity index (χ2v) is 8.94. The predicted molar refractivity (Wildman–Crippen MR) is 137 cm³/mol. The van der Waals surface area contributed by atoms with E-state index >= 15 is 0 Å². The van der Waals surface area contributed by atoms with E-state index in [1.165, 1.54) is 13.0 Å². The first-order chi connectivity index (χ1) is 16.1. The van der Waals surface area contributed by atoms with Crippen LogP contribution in [0.15, 0.2) is 88.7 Å².